The lowest BCUT2D eigenvalue weighted by Crippen LogP contribution is -2.44. The van der Waals surface area contributed by atoms with Gasteiger partial charge in [-0.2, -0.15) is 0 Å². The number of piperidine rings is 1. The fourth-order valence-corrected chi connectivity index (χ4v) is 1.69. The van der Waals surface area contributed by atoms with E-state index in [1.165, 1.54) is 0 Å². The summed E-state index contributed by atoms with van der Waals surface area (Å²) < 4.78 is 0. The zero-order chi connectivity index (χ0) is 9.84. The lowest BCUT2D eigenvalue weighted by molar-refractivity contribution is -0.132. The molecule has 1 aliphatic heterocycles. The highest BCUT2D eigenvalue weighted by Gasteiger charge is 2.26. The number of hydrogen-bond acceptors (Lipinski definition) is 2. The van der Waals surface area contributed by atoms with Crippen LogP contribution in [0.5, 0.6) is 0 Å². The average molecular weight is 205 g/mol. The molecule has 1 heterocycles. The van der Waals surface area contributed by atoms with Crippen LogP contribution in [0.25, 0.3) is 0 Å². The maximum Gasteiger partial charge on any atom is 0.237 e. The van der Waals surface area contributed by atoms with Crippen LogP contribution in [0.1, 0.15) is 12.8 Å². The van der Waals surface area contributed by atoms with Gasteiger partial charge in [-0.05, 0) is 12.8 Å². The molecule has 1 unspecified atom stereocenters. The van der Waals surface area contributed by atoms with Crippen LogP contribution in [-0.2, 0) is 9.59 Å². The molecule has 5 heteroatoms. The van der Waals surface area contributed by atoms with E-state index in [-0.39, 0.29) is 23.6 Å². The number of rotatable bonds is 2. The molecule has 2 amide bonds. The second-order valence-electron chi connectivity index (χ2n) is 3.21. The van der Waals surface area contributed by atoms with Crippen LogP contribution in [-0.4, -0.2) is 35.7 Å². The molecule has 0 aromatic heterocycles. The van der Waals surface area contributed by atoms with E-state index in [1.54, 1.807) is 4.90 Å². The number of alkyl halides is 1. The van der Waals surface area contributed by atoms with Gasteiger partial charge in [-0.25, -0.2) is 0 Å². The van der Waals surface area contributed by atoms with Crippen molar-refractivity contribution in [2.45, 2.75) is 12.8 Å². The van der Waals surface area contributed by atoms with Crippen LogP contribution in [0.4, 0.5) is 0 Å². The lowest BCUT2D eigenvalue weighted by atomic mass is 9.97. The minimum absolute atomic E-state index is 0.0223. The molecule has 0 aliphatic carbocycles. The van der Waals surface area contributed by atoms with Gasteiger partial charge in [-0.15, -0.1) is 11.6 Å². The second kappa shape index (κ2) is 4.46. The van der Waals surface area contributed by atoms with E-state index in [0.717, 1.165) is 12.8 Å². The highest BCUT2D eigenvalue weighted by Crippen LogP contribution is 2.16. The van der Waals surface area contributed by atoms with Gasteiger partial charge in [0, 0.05) is 13.1 Å². The fraction of sp³-hybridized carbons (Fsp3) is 0.750. The van der Waals surface area contributed by atoms with Crippen molar-refractivity contribution in [1.29, 1.82) is 0 Å². The number of halogens is 1. The van der Waals surface area contributed by atoms with Crippen LogP contribution in [0.15, 0.2) is 0 Å². The summed E-state index contributed by atoms with van der Waals surface area (Å²) in [6.07, 6.45) is 1.61. The van der Waals surface area contributed by atoms with Crippen molar-refractivity contribution in [3.8, 4) is 0 Å². The first-order chi connectivity index (χ1) is 6.15. The summed E-state index contributed by atoms with van der Waals surface area (Å²) in [7, 11) is 0. The summed E-state index contributed by atoms with van der Waals surface area (Å²) >= 11 is 5.41. The Hall–Kier alpha value is -0.770. The molecule has 1 aliphatic rings. The van der Waals surface area contributed by atoms with Gasteiger partial charge in [0.2, 0.25) is 11.8 Å². The molecule has 0 aromatic rings. The topological polar surface area (TPSA) is 63.4 Å². The number of nitrogens with two attached hydrogens (primary N) is 1. The number of carbonyl (C=O) groups excluding carboxylic acids is 2. The van der Waals surface area contributed by atoms with Crippen molar-refractivity contribution >= 4 is 23.4 Å². The van der Waals surface area contributed by atoms with Crippen LogP contribution in [0.3, 0.4) is 0 Å². The van der Waals surface area contributed by atoms with Crippen molar-refractivity contribution < 1.29 is 9.59 Å². The summed E-state index contributed by atoms with van der Waals surface area (Å²) in [5, 5.41) is 0. The van der Waals surface area contributed by atoms with E-state index in [0.29, 0.717) is 13.1 Å². The summed E-state index contributed by atoms with van der Waals surface area (Å²) in [6.45, 7) is 1.12. The molecule has 1 saturated heterocycles. The molecule has 0 saturated carbocycles. The second-order valence-corrected chi connectivity index (χ2v) is 3.48. The van der Waals surface area contributed by atoms with E-state index in [9.17, 15) is 9.59 Å². The SMILES string of the molecule is NC(=O)C1CCCN(C(=O)CCl)C1. The predicted octanol–water partition coefficient (Wildman–Crippen LogP) is -0.0509. The molecule has 74 valence electrons. The first-order valence-electron chi connectivity index (χ1n) is 4.28. The van der Waals surface area contributed by atoms with Gasteiger partial charge in [-0.3, -0.25) is 9.59 Å². The summed E-state index contributed by atoms with van der Waals surface area (Å²) in [5.74, 6) is -0.661. The van der Waals surface area contributed by atoms with Crippen molar-refractivity contribution in [2.75, 3.05) is 19.0 Å². The first kappa shape index (κ1) is 10.3. The van der Waals surface area contributed by atoms with E-state index in [1.807, 2.05) is 0 Å². The third kappa shape index (κ3) is 2.59. The Morgan fingerprint density at radius 1 is 1.54 bits per heavy atom. The molecule has 0 spiro atoms. The van der Waals surface area contributed by atoms with Crippen LogP contribution in [0, 0.1) is 5.92 Å². The van der Waals surface area contributed by atoms with Crippen LogP contribution in [0.2, 0.25) is 0 Å². The smallest absolute Gasteiger partial charge is 0.237 e. The normalized spacial score (nSPS) is 22.8. The molecular formula is C8H13ClN2O2. The summed E-state index contributed by atoms with van der Waals surface area (Å²) in [6, 6.07) is 0. The number of nitrogens with zero attached hydrogens (tertiary/aromatic N) is 1. The number of amides is 2. The Balaban J connectivity index is 2.51. The molecular weight excluding hydrogens is 192 g/mol. The van der Waals surface area contributed by atoms with E-state index in [4.69, 9.17) is 17.3 Å². The van der Waals surface area contributed by atoms with Crippen molar-refractivity contribution in [3.05, 3.63) is 0 Å². The molecule has 0 bridgehead atoms. The summed E-state index contributed by atoms with van der Waals surface area (Å²) in [5.41, 5.74) is 5.16. The minimum Gasteiger partial charge on any atom is -0.369 e. The monoisotopic (exact) mass is 204 g/mol. The van der Waals surface area contributed by atoms with Gasteiger partial charge in [0.1, 0.15) is 5.88 Å². The number of primary amides is 1. The van der Waals surface area contributed by atoms with Gasteiger partial charge < -0.3 is 10.6 Å². The molecule has 1 fully saturated rings. The first-order valence-corrected chi connectivity index (χ1v) is 4.81. The Morgan fingerprint density at radius 2 is 2.23 bits per heavy atom. The van der Waals surface area contributed by atoms with Gasteiger partial charge in [0.25, 0.3) is 0 Å². The predicted molar refractivity (Wildman–Crippen MR) is 49.2 cm³/mol. The number of hydrogen-bond donors (Lipinski definition) is 1. The van der Waals surface area contributed by atoms with Crippen molar-refractivity contribution in [2.24, 2.45) is 11.7 Å². The average Bonchev–Trinajstić information content (AvgIpc) is 2.17. The Morgan fingerprint density at radius 3 is 2.77 bits per heavy atom. The van der Waals surface area contributed by atoms with Crippen LogP contribution >= 0.6 is 11.6 Å². The summed E-state index contributed by atoms with van der Waals surface area (Å²) in [4.78, 5) is 23.6. The number of carbonyl (C=O) groups is 2. The van der Waals surface area contributed by atoms with E-state index in [2.05, 4.69) is 0 Å². The van der Waals surface area contributed by atoms with Gasteiger partial charge >= 0.3 is 0 Å². The zero-order valence-electron chi connectivity index (χ0n) is 7.33. The Labute approximate surface area is 82.0 Å². The van der Waals surface area contributed by atoms with E-state index >= 15 is 0 Å². The molecule has 4 nitrogen and oxygen atoms in total. The quantitative estimate of drug-likeness (QED) is 0.641. The molecule has 1 atom stereocenters. The van der Waals surface area contributed by atoms with Gasteiger partial charge in [0.05, 0.1) is 5.92 Å². The Kier molecular flexibility index (Phi) is 3.54. The molecule has 0 radical (unpaired) electrons. The number of likely N-dealkylation sites (tertiary alicyclic amines) is 1. The largest absolute Gasteiger partial charge is 0.369 e. The third-order valence-corrected chi connectivity index (χ3v) is 2.52. The maximum atomic E-state index is 11.2. The standard InChI is InChI=1S/C8H13ClN2O2/c9-4-7(12)11-3-1-2-6(5-11)8(10)13/h6H,1-5H2,(H2,10,13). The molecule has 1 rings (SSSR count). The molecule has 13 heavy (non-hydrogen) atoms. The lowest BCUT2D eigenvalue weighted by Gasteiger charge is -2.30. The van der Waals surface area contributed by atoms with Gasteiger partial charge in [0.15, 0.2) is 0 Å². The molecule has 2 N–H and O–H groups in total. The van der Waals surface area contributed by atoms with Crippen molar-refractivity contribution in [1.82, 2.24) is 4.90 Å². The third-order valence-electron chi connectivity index (χ3n) is 2.29. The van der Waals surface area contributed by atoms with Gasteiger partial charge in [-0.1, -0.05) is 0 Å². The highest BCUT2D eigenvalue weighted by atomic mass is 35.5. The zero-order valence-corrected chi connectivity index (χ0v) is 8.09. The molecule has 0 aromatic carbocycles. The fourth-order valence-electron chi connectivity index (χ4n) is 1.52. The highest BCUT2D eigenvalue weighted by molar-refractivity contribution is 6.27. The minimum atomic E-state index is -0.327. The van der Waals surface area contributed by atoms with Crippen LogP contribution < -0.4 is 5.73 Å². The van der Waals surface area contributed by atoms with E-state index < -0.39 is 0 Å². The Bertz CT molecular complexity index is 220. The van der Waals surface area contributed by atoms with Crippen molar-refractivity contribution in [3.63, 3.8) is 0 Å². The maximum absolute atomic E-state index is 11.2.